The molecule has 136 valence electrons. The number of carbonyl (C=O) groups is 2. The van der Waals surface area contributed by atoms with E-state index in [1.54, 1.807) is 36.7 Å². The van der Waals surface area contributed by atoms with Crippen LogP contribution in [0.1, 0.15) is 32.1 Å². The average molecular weight is 381 g/mol. The van der Waals surface area contributed by atoms with Gasteiger partial charge in [-0.15, -0.1) is 0 Å². The number of amides is 2. The highest BCUT2D eigenvalue weighted by Gasteiger charge is 2.12. The quantitative estimate of drug-likeness (QED) is 0.688. The molecule has 7 heteroatoms. The van der Waals surface area contributed by atoms with Crippen molar-refractivity contribution in [1.82, 2.24) is 20.6 Å². The van der Waals surface area contributed by atoms with Gasteiger partial charge in [0, 0.05) is 30.5 Å². The van der Waals surface area contributed by atoms with Crippen molar-refractivity contribution < 1.29 is 9.59 Å². The van der Waals surface area contributed by atoms with Crippen LogP contribution in [-0.2, 0) is 13.1 Å². The third kappa shape index (κ3) is 5.12. The van der Waals surface area contributed by atoms with E-state index in [0.717, 1.165) is 11.1 Å². The van der Waals surface area contributed by atoms with Gasteiger partial charge >= 0.3 is 0 Å². The first-order chi connectivity index (χ1) is 13.1. The third-order valence-corrected chi connectivity index (χ3v) is 4.18. The van der Waals surface area contributed by atoms with Gasteiger partial charge in [0.05, 0.1) is 0 Å². The lowest BCUT2D eigenvalue weighted by Gasteiger charge is -2.08. The number of pyridine rings is 2. The first-order valence-corrected chi connectivity index (χ1v) is 8.67. The summed E-state index contributed by atoms with van der Waals surface area (Å²) in [4.78, 5) is 32.7. The molecule has 0 fully saturated rings. The number of nitrogens with zero attached hydrogens (tertiary/aromatic N) is 2. The molecule has 2 N–H and O–H groups in total. The predicted octanol–water partition coefficient (Wildman–Crippen LogP) is 2.99. The van der Waals surface area contributed by atoms with E-state index in [9.17, 15) is 9.59 Å². The van der Waals surface area contributed by atoms with Gasteiger partial charge in [0.25, 0.3) is 11.8 Å². The Bertz CT molecular complexity index is 947. The van der Waals surface area contributed by atoms with E-state index in [-0.39, 0.29) is 29.7 Å². The lowest BCUT2D eigenvalue weighted by Crippen LogP contribution is -2.27. The van der Waals surface area contributed by atoms with Crippen molar-refractivity contribution >= 4 is 23.4 Å². The minimum Gasteiger partial charge on any atom is -0.347 e. The molecule has 3 aromatic rings. The molecule has 2 heterocycles. The molecule has 0 radical (unpaired) electrons. The van der Waals surface area contributed by atoms with Crippen LogP contribution in [0, 0.1) is 0 Å². The summed E-state index contributed by atoms with van der Waals surface area (Å²) in [5, 5.41) is 6.10. The highest BCUT2D eigenvalue weighted by Crippen LogP contribution is 2.14. The van der Waals surface area contributed by atoms with Crippen LogP contribution >= 0.6 is 11.6 Å². The first-order valence-electron chi connectivity index (χ1n) is 8.29. The summed E-state index contributed by atoms with van der Waals surface area (Å²) < 4.78 is 0. The number of hydrogen-bond donors (Lipinski definition) is 2. The van der Waals surface area contributed by atoms with Crippen molar-refractivity contribution in [1.29, 1.82) is 0 Å². The lowest BCUT2D eigenvalue weighted by molar-refractivity contribution is 0.0941. The molecule has 0 bridgehead atoms. The highest BCUT2D eigenvalue weighted by molar-refractivity contribution is 6.31. The Labute approximate surface area is 161 Å². The lowest BCUT2D eigenvalue weighted by atomic mass is 10.2. The van der Waals surface area contributed by atoms with E-state index in [0.29, 0.717) is 11.6 Å². The maximum absolute atomic E-state index is 12.3. The number of benzene rings is 1. The minimum atomic E-state index is -0.376. The molecule has 2 aromatic heterocycles. The minimum absolute atomic E-state index is 0.165. The topological polar surface area (TPSA) is 84.0 Å². The Balaban J connectivity index is 1.61. The largest absolute Gasteiger partial charge is 0.347 e. The summed E-state index contributed by atoms with van der Waals surface area (Å²) in [6.45, 7) is 0.630. The molecule has 3 rings (SSSR count). The number of rotatable bonds is 6. The van der Waals surface area contributed by atoms with Crippen molar-refractivity contribution in [2.75, 3.05) is 0 Å². The molecular weight excluding hydrogens is 364 g/mol. The predicted molar refractivity (Wildman–Crippen MR) is 102 cm³/mol. The summed E-state index contributed by atoms with van der Waals surface area (Å²) in [6.07, 6.45) is 3.31. The Morgan fingerprint density at radius 1 is 0.815 bits per heavy atom. The van der Waals surface area contributed by atoms with Crippen molar-refractivity contribution in [3.8, 4) is 0 Å². The van der Waals surface area contributed by atoms with Gasteiger partial charge in [-0.1, -0.05) is 35.9 Å². The van der Waals surface area contributed by atoms with E-state index in [1.807, 2.05) is 30.3 Å². The first kappa shape index (κ1) is 18.5. The van der Waals surface area contributed by atoms with E-state index in [4.69, 9.17) is 11.6 Å². The van der Waals surface area contributed by atoms with Crippen LogP contribution in [0.5, 0.6) is 0 Å². The second-order valence-electron chi connectivity index (χ2n) is 5.72. The molecule has 0 spiro atoms. The van der Waals surface area contributed by atoms with Crippen molar-refractivity contribution in [3.63, 3.8) is 0 Å². The fourth-order valence-corrected chi connectivity index (χ4v) is 2.57. The molecule has 2 amide bonds. The third-order valence-electron chi connectivity index (χ3n) is 3.81. The van der Waals surface area contributed by atoms with Crippen LogP contribution in [0.2, 0.25) is 5.02 Å². The standard InChI is InChI=1S/C20H17ClN4O2/c21-16-5-2-1-4-15(16)13-24-20(27)18-7-3-6-17(25-18)19(26)23-12-14-8-10-22-11-9-14/h1-11H,12-13H2,(H,23,26)(H,24,27). The Hall–Kier alpha value is -3.25. The van der Waals surface area contributed by atoms with Gasteiger partial charge in [-0.25, -0.2) is 4.98 Å². The normalized spacial score (nSPS) is 10.3. The summed E-state index contributed by atoms with van der Waals surface area (Å²) >= 11 is 6.08. The number of aromatic nitrogens is 2. The van der Waals surface area contributed by atoms with Crippen molar-refractivity contribution in [3.05, 3.63) is 94.5 Å². The Morgan fingerprint density at radius 3 is 2.11 bits per heavy atom. The maximum atomic E-state index is 12.3. The van der Waals surface area contributed by atoms with Crippen LogP contribution in [0.4, 0.5) is 0 Å². The molecular formula is C20H17ClN4O2. The summed E-state index contributed by atoms with van der Waals surface area (Å²) in [6, 6.07) is 15.6. The van der Waals surface area contributed by atoms with Crippen molar-refractivity contribution in [2.45, 2.75) is 13.1 Å². The fourth-order valence-electron chi connectivity index (χ4n) is 2.37. The SMILES string of the molecule is O=C(NCc1ccncc1)c1cccc(C(=O)NCc2ccccc2Cl)n1. The fraction of sp³-hybridized carbons (Fsp3) is 0.100. The smallest absolute Gasteiger partial charge is 0.270 e. The molecule has 0 saturated heterocycles. The Morgan fingerprint density at radius 2 is 1.44 bits per heavy atom. The molecule has 0 aliphatic heterocycles. The maximum Gasteiger partial charge on any atom is 0.270 e. The molecule has 0 atom stereocenters. The number of hydrogen-bond acceptors (Lipinski definition) is 4. The molecule has 0 unspecified atom stereocenters. The zero-order valence-electron chi connectivity index (χ0n) is 14.4. The van der Waals surface area contributed by atoms with E-state index < -0.39 is 0 Å². The molecule has 6 nitrogen and oxygen atoms in total. The van der Waals surface area contributed by atoms with E-state index >= 15 is 0 Å². The molecule has 0 saturated carbocycles. The van der Waals surface area contributed by atoms with Crippen LogP contribution in [0.3, 0.4) is 0 Å². The van der Waals surface area contributed by atoms with Gasteiger partial charge in [-0.05, 0) is 41.5 Å². The Kier molecular flexibility index (Phi) is 6.12. The van der Waals surface area contributed by atoms with Crippen LogP contribution < -0.4 is 10.6 Å². The number of carbonyl (C=O) groups excluding carboxylic acids is 2. The monoisotopic (exact) mass is 380 g/mol. The van der Waals surface area contributed by atoms with Gasteiger partial charge < -0.3 is 10.6 Å². The highest BCUT2D eigenvalue weighted by atomic mass is 35.5. The zero-order valence-corrected chi connectivity index (χ0v) is 15.1. The van der Waals surface area contributed by atoms with Gasteiger partial charge in [-0.3, -0.25) is 14.6 Å². The molecule has 0 aliphatic carbocycles. The molecule has 1 aromatic carbocycles. The van der Waals surface area contributed by atoms with Gasteiger partial charge in [0.15, 0.2) is 0 Å². The number of halogens is 1. The summed E-state index contributed by atoms with van der Waals surface area (Å²) in [7, 11) is 0. The van der Waals surface area contributed by atoms with E-state index in [2.05, 4.69) is 20.6 Å². The second kappa shape index (κ2) is 8.91. The zero-order chi connectivity index (χ0) is 19.1. The van der Waals surface area contributed by atoms with Crippen LogP contribution in [0.15, 0.2) is 67.0 Å². The second-order valence-corrected chi connectivity index (χ2v) is 6.13. The average Bonchev–Trinajstić information content (AvgIpc) is 2.72. The molecule has 27 heavy (non-hydrogen) atoms. The van der Waals surface area contributed by atoms with Crippen LogP contribution in [0.25, 0.3) is 0 Å². The van der Waals surface area contributed by atoms with Crippen molar-refractivity contribution in [2.24, 2.45) is 0 Å². The van der Waals surface area contributed by atoms with Gasteiger partial charge in [0.1, 0.15) is 11.4 Å². The van der Waals surface area contributed by atoms with Crippen LogP contribution in [-0.4, -0.2) is 21.8 Å². The molecule has 0 aliphatic rings. The van der Waals surface area contributed by atoms with Gasteiger partial charge in [0.2, 0.25) is 0 Å². The van der Waals surface area contributed by atoms with E-state index in [1.165, 1.54) is 0 Å². The van der Waals surface area contributed by atoms with Gasteiger partial charge in [-0.2, -0.15) is 0 Å². The summed E-state index contributed by atoms with van der Waals surface area (Å²) in [5.41, 5.74) is 2.07. The number of nitrogens with one attached hydrogen (secondary N) is 2. The summed E-state index contributed by atoms with van der Waals surface area (Å²) in [5.74, 6) is -0.730.